The Hall–Kier alpha value is -2.63. The van der Waals surface area contributed by atoms with E-state index >= 15 is 0 Å². The molecule has 2 aromatic rings. The highest BCUT2D eigenvalue weighted by molar-refractivity contribution is 6.04. The van der Waals surface area contributed by atoms with E-state index in [0.29, 0.717) is 17.1 Å². The summed E-state index contributed by atoms with van der Waals surface area (Å²) in [5.74, 6) is 1.14. The van der Waals surface area contributed by atoms with Crippen LogP contribution >= 0.6 is 0 Å². The fraction of sp³-hybridized carbons (Fsp3) is 0.450. The molecule has 0 saturated carbocycles. The average Bonchev–Trinajstić information content (AvgIpc) is 2.63. The van der Waals surface area contributed by atoms with Crippen molar-refractivity contribution in [3.05, 3.63) is 42.4 Å². The molecule has 0 unspecified atom stereocenters. The lowest BCUT2D eigenvalue weighted by atomic mass is 10.2. The quantitative estimate of drug-likeness (QED) is 0.731. The zero-order valence-corrected chi connectivity index (χ0v) is 16.0. The molecule has 1 heterocycles. The summed E-state index contributed by atoms with van der Waals surface area (Å²) in [5.41, 5.74) is 0.969. The monoisotopic (exact) mass is 356 g/mol. The number of nitrogens with one attached hydrogen (secondary N) is 1. The van der Waals surface area contributed by atoms with Crippen LogP contribution < -0.4 is 15.0 Å². The summed E-state index contributed by atoms with van der Waals surface area (Å²) in [7, 11) is 0. The van der Waals surface area contributed by atoms with Crippen molar-refractivity contribution in [2.24, 2.45) is 0 Å². The van der Waals surface area contributed by atoms with Crippen LogP contribution in [0.2, 0.25) is 0 Å². The number of aromatic nitrogens is 2. The van der Waals surface area contributed by atoms with Crippen molar-refractivity contribution in [1.82, 2.24) is 9.97 Å². The lowest BCUT2D eigenvalue weighted by molar-refractivity contribution is 0.102. The number of hydrogen-bond donors (Lipinski definition) is 1. The van der Waals surface area contributed by atoms with E-state index in [4.69, 9.17) is 4.74 Å². The topological polar surface area (TPSA) is 67.4 Å². The molecule has 1 amide bonds. The third-order valence-corrected chi connectivity index (χ3v) is 3.69. The summed E-state index contributed by atoms with van der Waals surface area (Å²) in [6.45, 7) is 9.96. The number of hydrogen-bond acceptors (Lipinski definition) is 5. The van der Waals surface area contributed by atoms with E-state index in [1.807, 2.05) is 38.1 Å². The van der Waals surface area contributed by atoms with Crippen LogP contribution in [0.1, 0.15) is 51.0 Å². The van der Waals surface area contributed by atoms with Gasteiger partial charge in [0.1, 0.15) is 23.6 Å². The van der Waals surface area contributed by atoms with Crippen molar-refractivity contribution in [3.8, 4) is 5.75 Å². The molecule has 0 bridgehead atoms. The van der Waals surface area contributed by atoms with Gasteiger partial charge in [-0.3, -0.25) is 4.79 Å². The summed E-state index contributed by atoms with van der Waals surface area (Å²) in [6, 6.07) is 9.14. The highest BCUT2D eigenvalue weighted by atomic mass is 16.5. The van der Waals surface area contributed by atoms with Crippen LogP contribution in [0.4, 0.5) is 11.5 Å². The summed E-state index contributed by atoms with van der Waals surface area (Å²) in [4.78, 5) is 23.3. The van der Waals surface area contributed by atoms with Gasteiger partial charge in [0.25, 0.3) is 5.91 Å². The SMILES string of the molecule is CCCN(CCC)c1cc(C(=O)Nc2ccccc2OC(C)C)ncn1. The number of ether oxygens (including phenoxy) is 1. The first-order valence-corrected chi connectivity index (χ1v) is 9.19. The molecule has 1 aromatic carbocycles. The Balaban J connectivity index is 2.19. The summed E-state index contributed by atoms with van der Waals surface area (Å²) in [6.07, 6.45) is 3.51. The number of carbonyl (C=O) groups is 1. The first kappa shape index (κ1) is 19.7. The van der Waals surface area contributed by atoms with Gasteiger partial charge in [-0.2, -0.15) is 0 Å². The molecule has 26 heavy (non-hydrogen) atoms. The second-order valence-corrected chi connectivity index (χ2v) is 6.37. The second kappa shape index (κ2) is 9.75. The molecule has 0 aliphatic heterocycles. The normalized spacial score (nSPS) is 10.7. The molecule has 0 spiro atoms. The fourth-order valence-electron chi connectivity index (χ4n) is 2.64. The third-order valence-electron chi connectivity index (χ3n) is 3.69. The van der Waals surface area contributed by atoms with Gasteiger partial charge in [-0.25, -0.2) is 9.97 Å². The molecule has 6 heteroatoms. The predicted octanol–water partition coefficient (Wildman–Crippen LogP) is 4.14. The number of benzene rings is 1. The molecule has 0 aliphatic rings. The summed E-state index contributed by atoms with van der Waals surface area (Å²) >= 11 is 0. The van der Waals surface area contributed by atoms with Crippen LogP contribution in [0.5, 0.6) is 5.75 Å². The number of amides is 1. The maximum absolute atomic E-state index is 12.7. The van der Waals surface area contributed by atoms with Crippen LogP contribution in [0.25, 0.3) is 0 Å². The first-order valence-electron chi connectivity index (χ1n) is 9.19. The maximum Gasteiger partial charge on any atom is 0.274 e. The lowest BCUT2D eigenvalue weighted by Gasteiger charge is -2.22. The zero-order chi connectivity index (χ0) is 18.9. The molecule has 140 valence electrons. The van der Waals surface area contributed by atoms with E-state index in [9.17, 15) is 4.79 Å². The summed E-state index contributed by atoms with van der Waals surface area (Å²) < 4.78 is 5.75. The maximum atomic E-state index is 12.7. The zero-order valence-electron chi connectivity index (χ0n) is 16.0. The molecular weight excluding hydrogens is 328 g/mol. The van der Waals surface area contributed by atoms with E-state index in [0.717, 1.165) is 31.7 Å². The number of rotatable bonds is 9. The minimum absolute atomic E-state index is 0.0235. The van der Waals surface area contributed by atoms with Gasteiger partial charge in [0.2, 0.25) is 0 Å². The van der Waals surface area contributed by atoms with Gasteiger partial charge in [0.05, 0.1) is 11.8 Å². The number of anilines is 2. The van der Waals surface area contributed by atoms with Crippen LogP contribution in [-0.4, -0.2) is 35.1 Å². The third kappa shape index (κ3) is 5.44. The van der Waals surface area contributed by atoms with Crippen LogP contribution in [0.15, 0.2) is 36.7 Å². The van der Waals surface area contributed by atoms with Gasteiger partial charge < -0.3 is 15.0 Å². The highest BCUT2D eigenvalue weighted by Crippen LogP contribution is 2.25. The Morgan fingerprint density at radius 3 is 2.50 bits per heavy atom. The van der Waals surface area contributed by atoms with Crippen LogP contribution in [0.3, 0.4) is 0 Å². The van der Waals surface area contributed by atoms with Crippen LogP contribution in [0, 0.1) is 0 Å². The molecule has 0 radical (unpaired) electrons. The van der Waals surface area contributed by atoms with Gasteiger partial charge in [-0.1, -0.05) is 26.0 Å². The molecule has 0 atom stereocenters. The highest BCUT2D eigenvalue weighted by Gasteiger charge is 2.14. The molecule has 2 rings (SSSR count). The summed E-state index contributed by atoms with van der Waals surface area (Å²) in [5, 5.41) is 2.89. The Kier molecular flexibility index (Phi) is 7.38. The number of nitrogens with zero attached hydrogens (tertiary/aromatic N) is 3. The molecule has 0 aliphatic carbocycles. The van der Waals surface area contributed by atoms with Crippen molar-refractivity contribution in [3.63, 3.8) is 0 Å². The number of carbonyl (C=O) groups excluding carboxylic acids is 1. The van der Waals surface area contributed by atoms with Crippen molar-refractivity contribution in [1.29, 1.82) is 0 Å². The van der Waals surface area contributed by atoms with Gasteiger partial charge in [-0.05, 0) is 38.8 Å². The molecular formula is C20H28N4O2. The van der Waals surface area contributed by atoms with Gasteiger partial charge in [-0.15, -0.1) is 0 Å². The van der Waals surface area contributed by atoms with Gasteiger partial charge in [0, 0.05) is 19.2 Å². The predicted molar refractivity (Wildman–Crippen MR) is 105 cm³/mol. The molecule has 1 aromatic heterocycles. The van der Waals surface area contributed by atoms with E-state index in [1.165, 1.54) is 6.33 Å². The Morgan fingerprint density at radius 1 is 1.15 bits per heavy atom. The van der Waals surface area contributed by atoms with Crippen molar-refractivity contribution in [2.45, 2.75) is 46.6 Å². The number of para-hydroxylation sites is 2. The molecule has 0 fully saturated rings. The van der Waals surface area contributed by atoms with Crippen LogP contribution in [-0.2, 0) is 0 Å². The van der Waals surface area contributed by atoms with Crippen molar-refractivity contribution in [2.75, 3.05) is 23.3 Å². The second-order valence-electron chi connectivity index (χ2n) is 6.37. The average molecular weight is 356 g/mol. The van der Waals surface area contributed by atoms with E-state index in [2.05, 4.69) is 34.0 Å². The molecule has 1 N–H and O–H groups in total. The molecule has 6 nitrogen and oxygen atoms in total. The van der Waals surface area contributed by atoms with Gasteiger partial charge >= 0.3 is 0 Å². The van der Waals surface area contributed by atoms with E-state index < -0.39 is 0 Å². The minimum Gasteiger partial charge on any atom is -0.489 e. The Labute approximate surface area is 155 Å². The Bertz CT molecular complexity index is 712. The van der Waals surface area contributed by atoms with Gasteiger partial charge in [0.15, 0.2) is 0 Å². The first-order chi connectivity index (χ1) is 12.5. The Morgan fingerprint density at radius 2 is 1.85 bits per heavy atom. The van der Waals surface area contributed by atoms with E-state index in [-0.39, 0.29) is 12.0 Å². The van der Waals surface area contributed by atoms with Crippen molar-refractivity contribution < 1.29 is 9.53 Å². The lowest BCUT2D eigenvalue weighted by Crippen LogP contribution is -2.26. The standard InChI is InChI=1S/C20H28N4O2/c1-5-11-24(12-6-2)19-13-17(21-14-22-19)20(25)23-16-9-7-8-10-18(16)26-15(3)4/h7-10,13-15H,5-6,11-12H2,1-4H3,(H,23,25). The smallest absolute Gasteiger partial charge is 0.274 e. The minimum atomic E-state index is -0.276. The molecule has 0 saturated heterocycles. The largest absolute Gasteiger partial charge is 0.489 e. The fourth-order valence-corrected chi connectivity index (χ4v) is 2.64. The van der Waals surface area contributed by atoms with E-state index in [1.54, 1.807) is 6.07 Å². The van der Waals surface area contributed by atoms with Crippen molar-refractivity contribution >= 4 is 17.4 Å².